The molecule has 2 aromatic carbocycles. The second kappa shape index (κ2) is 11.5. The van der Waals surface area contributed by atoms with Crippen molar-refractivity contribution >= 4 is 44.5 Å². The summed E-state index contributed by atoms with van der Waals surface area (Å²) in [5, 5.41) is 2.71. The highest BCUT2D eigenvalue weighted by Crippen LogP contribution is 2.44. The summed E-state index contributed by atoms with van der Waals surface area (Å²) in [5.41, 5.74) is 0.659. The number of ether oxygens (including phenoxy) is 3. The Labute approximate surface area is 233 Å². The van der Waals surface area contributed by atoms with Gasteiger partial charge in [0.15, 0.2) is 15.0 Å². The first kappa shape index (κ1) is 28.8. The molecular formula is C27H33N3O7S2. The molecule has 4 rings (SSSR count). The summed E-state index contributed by atoms with van der Waals surface area (Å²) in [6.45, 7) is 5.22. The highest BCUT2D eigenvalue weighted by Gasteiger charge is 2.50. The fourth-order valence-electron chi connectivity index (χ4n) is 4.50. The van der Waals surface area contributed by atoms with Gasteiger partial charge in [0.2, 0.25) is 0 Å². The number of thioether (sulfide) groups is 1. The van der Waals surface area contributed by atoms with Crippen LogP contribution in [0, 0.1) is 0 Å². The summed E-state index contributed by atoms with van der Waals surface area (Å²) in [6, 6.07) is 13.0. The molecule has 10 nitrogen and oxygen atoms in total. The largest absolute Gasteiger partial charge is 0.497 e. The molecule has 2 amide bonds. The molecule has 2 heterocycles. The minimum Gasteiger partial charge on any atom is -0.497 e. The third-order valence-corrected chi connectivity index (χ3v) is 9.40. The number of aliphatic imine (C=N–C) groups is 1. The highest BCUT2D eigenvalue weighted by atomic mass is 32.2. The van der Waals surface area contributed by atoms with Gasteiger partial charge in [0.25, 0.3) is 5.91 Å². The molecule has 210 valence electrons. The van der Waals surface area contributed by atoms with Gasteiger partial charge in [-0.05, 0) is 38.5 Å². The van der Waals surface area contributed by atoms with E-state index in [2.05, 4.69) is 10.3 Å². The van der Waals surface area contributed by atoms with Crippen molar-refractivity contribution < 1.29 is 32.2 Å². The molecule has 1 N–H and O–H groups in total. The molecule has 2 aromatic rings. The van der Waals surface area contributed by atoms with Crippen LogP contribution in [0.4, 0.5) is 10.5 Å². The molecule has 3 atom stereocenters. The third-order valence-electron chi connectivity index (χ3n) is 6.19. The molecule has 0 saturated carbocycles. The first-order valence-corrected chi connectivity index (χ1v) is 15.1. The molecule has 0 unspecified atom stereocenters. The zero-order chi connectivity index (χ0) is 28.4. The molecule has 0 aromatic heterocycles. The number of nitrogens with one attached hydrogen (secondary N) is 1. The van der Waals surface area contributed by atoms with Gasteiger partial charge < -0.3 is 24.4 Å². The van der Waals surface area contributed by atoms with E-state index in [4.69, 9.17) is 14.2 Å². The standard InChI is InChI=1S/C27H33N3O7S2/c1-27(2,3)37-26(32)28-19(13-17-9-7-6-8-10-17)24(31)29-25-30(21-15-39(33,34)16-23(21)38-25)20-12-11-18(35-4)14-22(20)36-5/h6-12,14,19,21,23H,13,15-16H2,1-5H3,(H,28,32)/t19-,21-,23+/m0/s1. The Bertz CT molecular complexity index is 1360. The van der Waals surface area contributed by atoms with E-state index < -0.39 is 39.5 Å². The monoisotopic (exact) mass is 575 g/mol. The summed E-state index contributed by atoms with van der Waals surface area (Å²) in [5.74, 6) is 0.350. The lowest BCUT2D eigenvalue weighted by Gasteiger charge is -2.27. The van der Waals surface area contributed by atoms with Crippen LogP contribution in [0.2, 0.25) is 0 Å². The van der Waals surface area contributed by atoms with Crippen molar-refractivity contribution in [3.8, 4) is 11.5 Å². The van der Waals surface area contributed by atoms with E-state index in [1.807, 2.05) is 30.3 Å². The molecular weight excluding hydrogens is 542 g/mol. The van der Waals surface area contributed by atoms with Gasteiger partial charge in [-0.25, -0.2) is 13.2 Å². The van der Waals surface area contributed by atoms with Crippen LogP contribution in [0.1, 0.15) is 26.3 Å². The lowest BCUT2D eigenvalue weighted by Crippen LogP contribution is -2.45. The van der Waals surface area contributed by atoms with Crippen LogP contribution >= 0.6 is 11.8 Å². The highest BCUT2D eigenvalue weighted by molar-refractivity contribution is 8.16. The number of hydrogen-bond donors (Lipinski definition) is 1. The Balaban J connectivity index is 1.70. The van der Waals surface area contributed by atoms with E-state index in [1.165, 1.54) is 26.0 Å². The number of sulfone groups is 1. The van der Waals surface area contributed by atoms with E-state index in [9.17, 15) is 18.0 Å². The SMILES string of the molecule is COc1ccc(N2C(=NC(=O)[C@H](Cc3ccccc3)NC(=O)OC(C)(C)C)S[C@@H]3CS(=O)(=O)C[C@@H]32)c(OC)c1. The topological polar surface area (TPSA) is 124 Å². The number of rotatable bonds is 7. The van der Waals surface area contributed by atoms with Crippen LogP contribution in [0.5, 0.6) is 11.5 Å². The zero-order valence-corrected chi connectivity index (χ0v) is 24.2. The second-order valence-corrected chi connectivity index (χ2v) is 13.7. The van der Waals surface area contributed by atoms with E-state index >= 15 is 0 Å². The molecule has 2 fully saturated rings. The quantitative estimate of drug-likeness (QED) is 0.529. The number of fused-ring (bicyclic) bond motifs is 1. The van der Waals surface area contributed by atoms with Crippen molar-refractivity contribution in [1.29, 1.82) is 0 Å². The Hall–Kier alpha value is -3.25. The lowest BCUT2D eigenvalue weighted by atomic mass is 10.1. The van der Waals surface area contributed by atoms with E-state index in [1.54, 1.807) is 43.9 Å². The van der Waals surface area contributed by atoms with Crippen LogP contribution < -0.4 is 19.7 Å². The van der Waals surface area contributed by atoms with Gasteiger partial charge in [-0.2, -0.15) is 4.99 Å². The number of alkyl carbamates (subject to hydrolysis) is 1. The number of benzene rings is 2. The third kappa shape index (κ3) is 7.04. The molecule has 0 spiro atoms. The Morgan fingerprint density at radius 2 is 1.82 bits per heavy atom. The van der Waals surface area contributed by atoms with Gasteiger partial charge in [0.05, 0.1) is 37.5 Å². The van der Waals surface area contributed by atoms with Crippen LogP contribution in [0.25, 0.3) is 0 Å². The van der Waals surface area contributed by atoms with Gasteiger partial charge in [0, 0.05) is 17.7 Å². The fraction of sp³-hybridized carbons (Fsp3) is 0.444. The number of methoxy groups -OCH3 is 2. The number of amides is 2. The molecule has 0 radical (unpaired) electrons. The average Bonchev–Trinajstić information content (AvgIpc) is 3.33. The smallest absolute Gasteiger partial charge is 0.408 e. The Morgan fingerprint density at radius 3 is 2.46 bits per heavy atom. The number of anilines is 1. The summed E-state index contributed by atoms with van der Waals surface area (Å²) >= 11 is 1.24. The van der Waals surface area contributed by atoms with Crippen molar-refractivity contribution in [1.82, 2.24) is 5.32 Å². The van der Waals surface area contributed by atoms with Crippen LogP contribution in [0.15, 0.2) is 53.5 Å². The van der Waals surface area contributed by atoms with Crippen molar-refractivity contribution in [3.05, 3.63) is 54.1 Å². The molecule has 12 heteroatoms. The van der Waals surface area contributed by atoms with E-state index in [0.717, 1.165) is 5.56 Å². The first-order valence-electron chi connectivity index (χ1n) is 12.4. The zero-order valence-electron chi connectivity index (χ0n) is 22.5. The Morgan fingerprint density at radius 1 is 1.10 bits per heavy atom. The van der Waals surface area contributed by atoms with E-state index in [0.29, 0.717) is 22.4 Å². The van der Waals surface area contributed by atoms with Crippen molar-refractivity contribution in [2.45, 2.75) is 50.1 Å². The van der Waals surface area contributed by atoms with Crippen LogP contribution in [-0.4, -0.2) is 74.2 Å². The fourth-order valence-corrected chi connectivity index (χ4v) is 8.41. The predicted molar refractivity (Wildman–Crippen MR) is 152 cm³/mol. The number of carbonyl (C=O) groups is 2. The van der Waals surface area contributed by atoms with Crippen molar-refractivity contribution in [2.75, 3.05) is 30.6 Å². The summed E-state index contributed by atoms with van der Waals surface area (Å²) in [6.07, 6.45) is -0.527. The van der Waals surface area contributed by atoms with Gasteiger partial charge >= 0.3 is 6.09 Å². The van der Waals surface area contributed by atoms with Crippen molar-refractivity contribution in [3.63, 3.8) is 0 Å². The number of hydrogen-bond acceptors (Lipinski definition) is 8. The van der Waals surface area contributed by atoms with Gasteiger partial charge in [0.1, 0.15) is 23.1 Å². The summed E-state index contributed by atoms with van der Waals surface area (Å²) in [7, 11) is -0.218. The maximum Gasteiger partial charge on any atom is 0.408 e. The predicted octanol–water partition coefficient (Wildman–Crippen LogP) is 3.44. The maximum atomic E-state index is 13.6. The summed E-state index contributed by atoms with van der Waals surface area (Å²) in [4.78, 5) is 32.4. The minimum absolute atomic E-state index is 0.0197. The maximum absolute atomic E-state index is 13.6. The molecule has 39 heavy (non-hydrogen) atoms. The number of carbonyl (C=O) groups excluding carboxylic acids is 2. The van der Waals surface area contributed by atoms with Crippen molar-refractivity contribution in [2.24, 2.45) is 4.99 Å². The average molecular weight is 576 g/mol. The number of nitrogens with zero attached hydrogens (tertiary/aromatic N) is 2. The lowest BCUT2D eigenvalue weighted by molar-refractivity contribution is -0.119. The van der Waals surface area contributed by atoms with E-state index in [-0.39, 0.29) is 23.2 Å². The first-order chi connectivity index (χ1) is 18.4. The number of amidine groups is 1. The Kier molecular flexibility index (Phi) is 8.45. The normalized spacial score (nSPS) is 21.8. The molecule has 2 saturated heterocycles. The molecule has 2 aliphatic heterocycles. The summed E-state index contributed by atoms with van der Waals surface area (Å²) < 4.78 is 41.3. The minimum atomic E-state index is -3.26. The van der Waals surface area contributed by atoms with Gasteiger partial charge in [-0.3, -0.25) is 4.79 Å². The van der Waals surface area contributed by atoms with Crippen LogP contribution in [-0.2, 0) is 25.8 Å². The molecule has 0 bridgehead atoms. The van der Waals surface area contributed by atoms with Gasteiger partial charge in [-0.15, -0.1) is 0 Å². The molecule has 2 aliphatic rings. The second-order valence-electron chi connectivity index (χ2n) is 10.3. The van der Waals surface area contributed by atoms with Gasteiger partial charge in [-0.1, -0.05) is 42.1 Å². The molecule has 0 aliphatic carbocycles. The van der Waals surface area contributed by atoms with Crippen LogP contribution in [0.3, 0.4) is 0 Å².